The summed E-state index contributed by atoms with van der Waals surface area (Å²) < 4.78 is 39.0. The molecule has 0 aliphatic carbocycles. The molecule has 0 aromatic heterocycles. The van der Waals surface area contributed by atoms with Crippen molar-refractivity contribution in [1.29, 1.82) is 0 Å². The Bertz CT molecular complexity index is 511. The summed E-state index contributed by atoms with van der Waals surface area (Å²) in [5.41, 5.74) is -0.610. The number of hydrogen-bond acceptors (Lipinski definition) is 1. The zero-order valence-corrected chi connectivity index (χ0v) is 12.1. The van der Waals surface area contributed by atoms with E-state index >= 15 is 0 Å². The molecule has 19 heavy (non-hydrogen) atoms. The molecule has 1 aromatic rings. The van der Waals surface area contributed by atoms with E-state index in [-0.39, 0.29) is 16.6 Å². The molecule has 6 heteroatoms. The molecule has 2 nitrogen and oxygen atoms in total. The molecule has 1 aromatic carbocycles. The smallest absolute Gasteiger partial charge is 0.338 e. The van der Waals surface area contributed by atoms with E-state index in [2.05, 4.69) is 22.5 Å². The molecular weight excluding hydrogens is 323 g/mol. The summed E-state index contributed by atoms with van der Waals surface area (Å²) in [6.45, 7) is 5.55. The number of benzene rings is 1. The molecule has 0 unspecified atom stereocenters. The van der Waals surface area contributed by atoms with Crippen molar-refractivity contribution in [3.05, 3.63) is 46.0 Å². The standard InChI is InChI=1S/C13H13BrF3NO/c1-8(2)7-18(3)12(19)10-5-4-9(14)6-11(10)13(15,16)17/h4-6H,1,7H2,2-3H3. The van der Waals surface area contributed by atoms with Gasteiger partial charge in [-0.3, -0.25) is 4.79 Å². The first-order valence-corrected chi connectivity index (χ1v) is 6.19. The van der Waals surface area contributed by atoms with Crippen molar-refractivity contribution in [3.63, 3.8) is 0 Å². The average Bonchev–Trinajstić information content (AvgIpc) is 2.25. The number of alkyl halides is 3. The highest BCUT2D eigenvalue weighted by Gasteiger charge is 2.36. The van der Waals surface area contributed by atoms with Gasteiger partial charge in [0.15, 0.2) is 0 Å². The minimum atomic E-state index is -4.57. The minimum Gasteiger partial charge on any atom is -0.338 e. The Hall–Kier alpha value is -1.30. The van der Waals surface area contributed by atoms with Crippen molar-refractivity contribution in [1.82, 2.24) is 4.90 Å². The van der Waals surface area contributed by atoms with Gasteiger partial charge in [0.2, 0.25) is 0 Å². The van der Waals surface area contributed by atoms with E-state index in [9.17, 15) is 18.0 Å². The van der Waals surface area contributed by atoms with Crippen LogP contribution in [0.3, 0.4) is 0 Å². The summed E-state index contributed by atoms with van der Waals surface area (Å²) >= 11 is 2.98. The molecule has 0 atom stereocenters. The number of rotatable bonds is 3. The monoisotopic (exact) mass is 335 g/mol. The lowest BCUT2D eigenvalue weighted by atomic mass is 10.1. The van der Waals surface area contributed by atoms with Crippen LogP contribution in [0.25, 0.3) is 0 Å². The van der Waals surface area contributed by atoms with E-state index in [1.807, 2.05) is 0 Å². The maximum Gasteiger partial charge on any atom is 0.417 e. The summed E-state index contributed by atoms with van der Waals surface area (Å²) in [4.78, 5) is 13.2. The van der Waals surface area contributed by atoms with Gasteiger partial charge in [-0.05, 0) is 25.1 Å². The van der Waals surface area contributed by atoms with Crippen molar-refractivity contribution in [2.45, 2.75) is 13.1 Å². The van der Waals surface area contributed by atoms with Gasteiger partial charge in [-0.1, -0.05) is 28.1 Å². The van der Waals surface area contributed by atoms with E-state index in [4.69, 9.17) is 0 Å². The Kier molecular flexibility index (Phi) is 4.79. The van der Waals surface area contributed by atoms with E-state index in [1.54, 1.807) is 6.92 Å². The molecule has 0 fully saturated rings. The molecule has 0 saturated heterocycles. The summed E-state index contributed by atoms with van der Waals surface area (Å²) in [5.74, 6) is -0.678. The third kappa shape index (κ3) is 4.09. The molecule has 104 valence electrons. The normalized spacial score (nSPS) is 11.3. The molecule has 0 heterocycles. The molecule has 0 radical (unpaired) electrons. The van der Waals surface area contributed by atoms with Crippen molar-refractivity contribution in [2.24, 2.45) is 0 Å². The van der Waals surface area contributed by atoms with Crippen LogP contribution in [-0.2, 0) is 6.18 Å². The Balaban J connectivity index is 3.20. The number of nitrogens with zero attached hydrogens (tertiary/aromatic N) is 1. The highest BCUT2D eigenvalue weighted by atomic mass is 79.9. The van der Waals surface area contributed by atoms with E-state index in [0.29, 0.717) is 5.57 Å². The fourth-order valence-electron chi connectivity index (χ4n) is 1.62. The van der Waals surface area contributed by atoms with E-state index < -0.39 is 17.6 Å². The zero-order valence-electron chi connectivity index (χ0n) is 10.5. The Morgan fingerprint density at radius 2 is 2.00 bits per heavy atom. The molecule has 1 rings (SSSR count). The largest absolute Gasteiger partial charge is 0.417 e. The third-order valence-corrected chi connectivity index (χ3v) is 2.86. The number of carbonyl (C=O) groups is 1. The number of halogens is 4. The molecule has 0 saturated carbocycles. The summed E-state index contributed by atoms with van der Waals surface area (Å²) in [6, 6.07) is 3.49. The van der Waals surface area contributed by atoms with Gasteiger partial charge in [-0.15, -0.1) is 0 Å². The van der Waals surface area contributed by atoms with Gasteiger partial charge in [0.05, 0.1) is 11.1 Å². The fraction of sp³-hybridized carbons (Fsp3) is 0.308. The maximum absolute atomic E-state index is 12.9. The van der Waals surface area contributed by atoms with E-state index in [1.165, 1.54) is 24.1 Å². The van der Waals surface area contributed by atoms with Gasteiger partial charge >= 0.3 is 6.18 Å². The summed E-state index contributed by atoms with van der Waals surface area (Å²) in [6.07, 6.45) is -4.57. The SMILES string of the molecule is C=C(C)CN(C)C(=O)c1ccc(Br)cc1C(F)(F)F. The maximum atomic E-state index is 12.9. The van der Waals surface area contributed by atoms with Gasteiger partial charge in [0.1, 0.15) is 0 Å². The van der Waals surface area contributed by atoms with E-state index in [0.717, 1.165) is 6.07 Å². The van der Waals surface area contributed by atoms with Crippen LogP contribution in [-0.4, -0.2) is 24.4 Å². The first-order chi connectivity index (χ1) is 8.62. The molecule has 0 bridgehead atoms. The minimum absolute atomic E-state index is 0.214. The molecule has 0 aliphatic rings. The Morgan fingerprint density at radius 3 is 2.47 bits per heavy atom. The number of amides is 1. The first kappa shape index (κ1) is 15.8. The average molecular weight is 336 g/mol. The topological polar surface area (TPSA) is 20.3 Å². The van der Waals surface area contributed by atoms with Crippen molar-refractivity contribution >= 4 is 21.8 Å². The zero-order chi connectivity index (χ0) is 14.8. The lowest BCUT2D eigenvalue weighted by Crippen LogP contribution is -2.30. The van der Waals surface area contributed by atoms with Crippen LogP contribution < -0.4 is 0 Å². The molecule has 0 N–H and O–H groups in total. The van der Waals surface area contributed by atoms with Gasteiger partial charge in [0.25, 0.3) is 5.91 Å². The lowest BCUT2D eigenvalue weighted by molar-refractivity contribution is -0.138. The van der Waals surface area contributed by atoms with Crippen LogP contribution in [0.5, 0.6) is 0 Å². The van der Waals surface area contributed by atoms with Crippen LogP contribution >= 0.6 is 15.9 Å². The highest BCUT2D eigenvalue weighted by Crippen LogP contribution is 2.34. The highest BCUT2D eigenvalue weighted by molar-refractivity contribution is 9.10. The quantitative estimate of drug-likeness (QED) is 0.761. The third-order valence-electron chi connectivity index (χ3n) is 2.37. The molecule has 1 amide bonds. The number of likely N-dealkylation sites (N-methyl/N-ethyl adjacent to an activating group) is 1. The summed E-state index contributed by atoms with van der Waals surface area (Å²) in [7, 11) is 1.44. The second kappa shape index (κ2) is 5.77. The van der Waals surface area contributed by atoms with Crippen LogP contribution in [0, 0.1) is 0 Å². The number of hydrogen-bond donors (Lipinski definition) is 0. The fourth-order valence-corrected chi connectivity index (χ4v) is 1.98. The van der Waals surface area contributed by atoms with Crippen LogP contribution in [0.1, 0.15) is 22.8 Å². The van der Waals surface area contributed by atoms with Crippen LogP contribution in [0.4, 0.5) is 13.2 Å². The van der Waals surface area contributed by atoms with Crippen LogP contribution in [0.2, 0.25) is 0 Å². The van der Waals surface area contributed by atoms with Gasteiger partial charge < -0.3 is 4.90 Å². The van der Waals surface area contributed by atoms with Crippen molar-refractivity contribution in [2.75, 3.05) is 13.6 Å². The summed E-state index contributed by atoms with van der Waals surface area (Å²) in [5, 5.41) is 0. The second-order valence-corrected chi connectivity index (χ2v) is 5.22. The van der Waals surface area contributed by atoms with Crippen molar-refractivity contribution < 1.29 is 18.0 Å². The van der Waals surface area contributed by atoms with Gasteiger partial charge in [-0.25, -0.2) is 0 Å². The first-order valence-electron chi connectivity index (χ1n) is 5.39. The number of carbonyl (C=O) groups excluding carboxylic acids is 1. The molecule has 0 aliphatic heterocycles. The Labute approximate surface area is 118 Å². The predicted molar refractivity (Wildman–Crippen MR) is 70.9 cm³/mol. The van der Waals surface area contributed by atoms with Gasteiger partial charge in [-0.2, -0.15) is 13.2 Å². The Morgan fingerprint density at radius 1 is 1.42 bits per heavy atom. The molecular formula is C13H13BrF3NO. The predicted octanol–water partition coefficient (Wildman–Crippen LogP) is 4.12. The molecule has 0 spiro atoms. The lowest BCUT2D eigenvalue weighted by Gasteiger charge is -2.20. The van der Waals surface area contributed by atoms with Crippen LogP contribution in [0.15, 0.2) is 34.8 Å². The van der Waals surface area contributed by atoms with Crippen molar-refractivity contribution in [3.8, 4) is 0 Å². The van der Waals surface area contributed by atoms with Gasteiger partial charge in [0, 0.05) is 18.1 Å². The second-order valence-electron chi connectivity index (χ2n) is 4.31.